The number of unbranched alkanes of at least 4 members (excludes halogenated alkanes) is 1. The van der Waals surface area contributed by atoms with Gasteiger partial charge in [-0.05, 0) is 34.8 Å². The van der Waals surface area contributed by atoms with E-state index in [1.807, 2.05) is 6.92 Å². The lowest BCUT2D eigenvalue weighted by molar-refractivity contribution is 0.0588. The predicted molar refractivity (Wildman–Crippen MR) is 104 cm³/mol. The maximum Gasteiger partial charge on any atom is 0.414 e. The lowest BCUT2D eigenvalue weighted by Gasteiger charge is -2.27. The summed E-state index contributed by atoms with van der Waals surface area (Å²) < 4.78 is 17.2. The van der Waals surface area contributed by atoms with Crippen LogP contribution < -0.4 is 15.2 Å². The molecule has 1 amide bonds. The van der Waals surface area contributed by atoms with Gasteiger partial charge in [-0.3, -0.25) is 14.1 Å². The van der Waals surface area contributed by atoms with Gasteiger partial charge in [0.2, 0.25) is 5.75 Å². The number of ether oxygens (including phenoxy) is 3. The highest BCUT2D eigenvalue weighted by Crippen LogP contribution is 2.28. The van der Waals surface area contributed by atoms with Crippen molar-refractivity contribution in [1.82, 2.24) is 9.38 Å². The van der Waals surface area contributed by atoms with Gasteiger partial charge in [-0.15, -0.1) is 0 Å². The van der Waals surface area contributed by atoms with Gasteiger partial charge in [0.25, 0.3) is 0 Å². The zero-order chi connectivity index (χ0) is 20.3. The van der Waals surface area contributed by atoms with Crippen molar-refractivity contribution in [2.75, 3.05) is 31.8 Å². The number of aromatic nitrogens is 2. The maximum absolute atomic E-state index is 13.1. The molecule has 1 saturated heterocycles. The SMILES string of the molecule is CCCCOc1c(C(=O)OC)nc2c(N3CCCOC3=O)cc(Br)cn2c1=O. The number of hydrogen-bond donors (Lipinski definition) is 0. The van der Waals surface area contributed by atoms with Crippen molar-refractivity contribution in [2.24, 2.45) is 0 Å². The first-order valence-electron chi connectivity index (χ1n) is 8.89. The first kappa shape index (κ1) is 20.1. The summed E-state index contributed by atoms with van der Waals surface area (Å²) in [5, 5.41) is 0. The molecule has 1 aliphatic heterocycles. The molecule has 10 heteroatoms. The van der Waals surface area contributed by atoms with Gasteiger partial charge in [0.1, 0.15) is 0 Å². The van der Waals surface area contributed by atoms with Gasteiger partial charge < -0.3 is 14.2 Å². The molecule has 0 aromatic carbocycles. The van der Waals surface area contributed by atoms with E-state index < -0.39 is 17.6 Å². The average Bonchev–Trinajstić information content (AvgIpc) is 2.69. The van der Waals surface area contributed by atoms with Gasteiger partial charge >= 0.3 is 17.6 Å². The second-order valence-corrected chi connectivity index (χ2v) is 7.06. The summed E-state index contributed by atoms with van der Waals surface area (Å²) in [5.74, 6) is -0.968. The summed E-state index contributed by atoms with van der Waals surface area (Å²) in [5.41, 5.74) is -0.302. The summed E-state index contributed by atoms with van der Waals surface area (Å²) in [7, 11) is 1.20. The van der Waals surface area contributed by atoms with Crippen LogP contribution in [0.1, 0.15) is 36.7 Å². The Labute approximate surface area is 169 Å². The van der Waals surface area contributed by atoms with Crippen molar-refractivity contribution in [2.45, 2.75) is 26.2 Å². The number of hydrogen-bond acceptors (Lipinski definition) is 7. The molecule has 3 rings (SSSR count). The third-order valence-electron chi connectivity index (χ3n) is 4.22. The third-order valence-corrected chi connectivity index (χ3v) is 4.65. The molecule has 0 atom stereocenters. The van der Waals surface area contributed by atoms with Crippen LogP contribution in [0.4, 0.5) is 10.5 Å². The summed E-state index contributed by atoms with van der Waals surface area (Å²) in [6.07, 6.45) is 3.19. The van der Waals surface area contributed by atoms with Crippen LogP contribution in [0.5, 0.6) is 5.75 Å². The minimum atomic E-state index is -0.791. The van der Waals surface area contributed by atoms with Crippen LogP contribution in [-0.2, 0) is 9.47 Å². The molecule has 9 nitrogen and oxygen atoms in total. The number of pyridine rings is 1. The quantitative estimate of drug-likeness (QED) is 0.489. The topological polar surface area (TPSA) is 99.4 Å². The Morgan fingerprint density at radius 2 is 2.18 bits per heavy atom. The molecule has 1 aliphatic rings. The number of cyclic esters (lactones) is 1. The van der Waals surface area contributed by atoms with E-state index in [0.717, 1.165) is 6.42 Å². The molecule has 150 valence electrons. The maximum atomic E-state index is 13.1. The van der Waals surface area contributed by atoms with Gasteiger partial charge in [0, 0.05) is 17.2 Å². The third kappa shape index (κ3) is 3.82. The van der Waals surface area contributed by atoms with Gasteiger partial charge in [0.15, 0.2) is 11.3 Å². The Bertz CT molecular complexity index is 974. The molecule has 2 aromatic heterocycles. The van der Waals surface area contributed by atoms with Crippen LogP contribution in [-0.4, -0.2) is 48.3 Å². The molecule has 3 heterocycles. The summed E-state index contributed by atoms with van der Waals surface area (Å²) >= 11 is 3.35. The van der Waals surface area contributed by atoms with Crippen LogP contribution in [0, 0.1) is 0 Å². The number of anilines is 1. The number of rotatable bonds is 6. The molecule has 0 unspecified atom stereocenters. The van der Waals surface area contributed by atoms with Crippen molar-refractivity contribution in [3.05, 3.63) is 32.8 Å². The molecule has 0 aliphatic carbocycles. The predicted octanol–water partition coefficient (Wildman–Crippen LogP) is 2.77. The number of carbonyl (C=O) groups is 2. The number of carbonyl (C=O) groups excluding carboxylic acids is 2. The fraction of sp³-hybridized carbons (Fsp3) is 0.444. The lowest BCUT2D eigenvalue weighted by Crippen LogP contribution is -2.38. The molecule has 0 bridgehead atoms. The Morgan fingerprint density at radius 3 is 2.86 bits per heavy atom. The van der Waals surface area contributed by atoms with Gasteiger partial charge in [-0.25, -0.2) is 14.6 Å². The van der Waals surface area contributed by atoms with Crippen LogP contribution >= 0.6 is 15.9 Å². The van der Waals surface area contributed by atoms with E-state index in [4.69, 9.17) is 14.2 Å². The number of fused-ring (bicyclic) bond motifs is 1. The van der Waals surface area contributed by atoms with Crippen molar-refractivity contribution in [3.63, 3.8) is 0 Å². The van der Waals surface area contributed by atoms with Gasteiger partial charge in [0.05, 0.1) is 26.0 Å². The summed E-state index contributed by atoms with van der Waals surface area (Å²) in [6, 6.07) is 1.65. The number of halogens is 1. The fourth-order valence-corrected chi connectivity index (χ4v) is 3.25. The first-order chi connectivity index (χ1) is 13.5. The summed E-state index contributed by atoms with van der Waals surface area (Å²) in [4.78, 5) is 43.2. The van der Waals surface area contributed by atoms with Crippen LogP contribution in [0.2, 0.25) is 0 Å². The van der Waals surface area contributed by atoms with Crippen LogP contribution in [0.3, 0.4) is 0 Å². The van der Waals surface area contributed by atoms with E-state index >= 15 is 0 Å². The van der Waals surface area contributed by atoms with Crippen LogP contribution in [0.25, 0.3) is 5.65 Å². The second kappa shape index (κ2) is 8.59. The van der Waals surface area contributed by atoms with E-state index in [1.54, 1.807) is 6.07 Å². The zero-order valence-corrected chi connectivity index (χ0v) is 17.2. The Hall–Kier alpha value is -2.62. The van der Waals surface area contributed by atoms with Gasteiger partial charge in [-0.2, -0.15) is 0 Å². The van der Waals surface area contributed by atoms with E-state index in [2.05, 4.69) is 20.9 Å². The molecule has 2 aromatic rings. The minimum absolute atomic E-state index is 0.135. The van der Waals surface area contributed by atoms with Crippen molar-refractivity contribution in [1.29, 1.82) is 0 Å². The average molecular weight is 454 g/mol. The fourth-order valence-electron chi connectivity index (χ4n) is 2.83. The Kier molecular flexibility index (Phi) is 6.18. The molecule has 0 saturated carbocycles. The largest absolute Gasteiger partial charge is 0.486 e. The summed E-state index contributed by atoms with van der Waals surface area (Å²) in [6.45, 7) is 2.99. The molecular weight excluding hydrogens is 434 g/mol. The molecule has 1 fully saturated rings. The number of methoxy groups -OCH3 is 1. The standard InChI is InChI=1S/C18H20BrN3O6/c1-3-4-7-27-14-13(17(24)26-2)20-15-12(21-6-5-8-28-18(21)25)9-11(19)10-22(15)16(14)23/h9-10H,3-8H2,1-2H3. The highest BCUT2D eigenvalue weighted by atomic mass is 79.9. The monoisotopic (exact) mass is 453 g/mol. The van der Waals surface area contributed by atoms with E-state index in [0.29, 0.717) is 36.2 Å². The highest BCUT2D eigenvalue weighted by Gasteiger charge is 2.28. The van der Waals surface area contributed by atoms with E-state index in [1.165, 1.54) is 22.6 Å². The number of nitrogens with zero attached hydrogens (tertiary/aromatic N) is 3. The molecular formula is C18H20BrN3O6. The lowest BCUT2D eigenvalue weighted by atomic mass is 10.2. The highest BCUT2D eigenvalue weighted by molar-refractivity contribution is 9.10. The molecule has 0 radical (unpaired) electrons. The van der Waals surface area contributed by atoms with Crippen LogP contribution in [0.15, 0.2) is 21.5 Å². The number of esters is 1. The van der Waals surface area contributed by atoms with E-state index in [-0.39, 0.29) is 23.7 Å². The normalized spacial score (nSPS) is 14.1. The Morgan fingerprint density at radius 1 is 1.39 bits per heavy atom. The second-order valence-electron chi connectivity index (χ2n) is 6.15. The number of amides is 1. The smallest absolute Gasteiger partial charge is 0.414 e. The molecule has 0 spiro atoms. The Balaban J connectivity index is 2.24. The van der Waals surface area contributed by atoms with Crippen molar-refractivity contribution >= 4 is 39.3 Å². The van der Waals surface area contributed by atoms with Crippen molar-refractivity contribution < 1.29 is 23.8 Å². The first-order valence-corrected chi connectivity index (χ1v) is 9.68. The zero-order valence-electron chi connectivity index (χ0n) is 15.6. The van der Waals surface area contributed by atoms with E-state index in [9.17, 15) is 14.4 Å². The van der Waals surface area contributed by atoms with Crippen molar-refractivity contribution in [3.8, 4) is 5.75 Å². The van der Waals surface area contributed by atoms with Gasteiger partial charge in [-0.1, -0.05) is 13.3 Å². The minimum Gasteiger partial charge on any atom is -0.486 e. The molecule has 28 heavy (non-hydrogen) atoms. The molecule has 0 N–H and O–H groups in total.